The number of benzene rings is 1. The summed E-state index contributed by atoms with van der Waals surface area (Å²) < 4.78 is 17.6. The van der Waals surface area contributed by atoms with Crippen molar-refractivity contribution >= 4 is 24.4 Å². The van der Waals surface area contributed by atoms with E-state index in [4.69, 9.17) is 16.6 Å². The Kier molecular flexibility index (Phi) is 5.74. The van der Waals surface area contributed by atoms with Crippen LogP contribution in [0.15, 0.2) is 28.7 Å². The van der Waals surface area contributed by atoms with E-state index in [-0.39, 0.29) is 63.5 Å². The summed E-state index contributed by atoms with van der Waals surface area (Å²) in [6.07, 6.45) is 3.41. The van der Waals surface area contributed by atoms with Crippen LogP contribution >= 0.6 is 12.2 Å². The Morgan fingerprint density at radius 2 is 2.00 bits per heavy atom. The number of aromatic amines is 1. The molecule has 78 valence electrons. The van der Waals surface area contributed by atoms with Crippen molar-refractivity contribution in [2.24, 2.45) is 0 Å². The van der Waals surface area contributed by atoms with E-state index in [0.717, 1.165) is 5.56 Å². The molecule has 3 nitrogen and oxygen atoms in total. The minimum atomic E-state index is -0.260. The Bertz CT molecular complexity index is 538. The number of nitrogens with zero attached hydrogens (tertiary/aromatic N) is 1. The second-order valence-corrected chi connectivity index (χ2v) is 3.21. The van der Waals surface area contributed by atoms with Crippen LogP contribution in [0.4, 0.5) is 4.39 Å². The SMILES string of the molecule is Fc1ccc(/C=C/c2n[nH]c(=S)o2)cc1.[H-].[K+]. The van der Waals surface area contributed by atoms with E-state index >= 15 is 0 Å². The van der Waals surface area contributed by atoms with E-state index in [0.29, 0.717) is 5.89 Å². The normalized spacial score (nSPS) is 10.3. The molecule has 0 spiro atoms. The summed E-state index contributed by atoms with van der Waals surface area (Å²) in [7, 11) is 0. The summed E-state index contributed by atoms with van der Waals surface area (Å²) in [6.45, 7) is 0. The first kappa shape index (κ1) is 13.9. The van der Waals surface area contributed by atoms with Gasteiger partial charge >= 0.3 is 51.4 Å². The van der Waals surface area contributed by atoms with Gasteiger partial charge in [0, 0.05) is 6.08 Å². The second kappa shape index (κ2) is 6.58. The van der Waals surface area contributed by atoms with Crippen molar-refractivity contribution in [2.75, 3.05) is 0 Å². The van der Waals surface area contributed by atoms with E-state index < -0.39 is 0 Å². The van der Waals surface area contributed by atoms with Crippen LogP contribution in [0.25, 0.3) is 12.2 Å². The predicted molar refractivity (Wildman–Crippen MR) is 58.1 cm³/mol. The fraction of sp³-hybridized carbons (Fsp3) is 0. The maximum atomic E-state index is 12.6. The zero-order valence-corrected chi connectivity index (χ0v) is 12.5. The Morgan fingerprint density at radius 3 is 2.56 bits per heavy atom. The molecule has 1 heterocycles. The number of nitrogens with one attached hydrogen (secondary N) is 1. The molecule has 0 saturated carbocycles. The quantitative estimate of drug-likeness (QED) is 0.619. The van der Waals surface area contributed by atoms with Crippen LogP contribution in [0.2, 0.25) is 0 Å². The summed E-state index contributed by atoms with van der Waals surface area (Å²) in [6, 6.07) is 6.10. The molecule has 0 unspecified atom stereocenters. The van der Waals surface area contributed by atoms with Crippen molar-refractivity contribution in [1.29, 1.82) is 0 Å². The van der Waals surface area contributed by atoms with Crippen LogP contribution in [-0.4, -0.2) is 10.2 Å². The zero-order chi connectivity index (χ0) is 10.7. The van der Waals surface area contributed by atoms with Crippen LogP contribution < -0.4 is 51.4 Å². The van der Waals surface area contributed by atoms with Crippen molar-refractivity contribution < 1.29 is 61.6 Å². The van der Waals surface area contributed by atoms with Gasteiger partial charge in [-0.15, -0.1) is 5.10 Å². The van der Waals surface area contributed by atoms with Crippen molar-refractivity contribution in [3.63, 3.8) is 0 Å². The molecule has 1 aromatic carbocycles. The third-order valence-electron chi connectivity index (χ3n) is 1.74. The molecule has 0 atom stereocenters. The topological polar surface area (TPSA) is 41.8 Å². The largest absolute Gasteiger partial charge is 1.00 e. The summed E-state index contributed by atoms with van der Waals surface area (Å²) in [5.41, 5.74) is 0.862. The number of hydrogen-bond acceptors (Lipinski definition) is 3. The molecular formula is C10H8FKN2OS. The van der Waals surface area contributed by atoms with Gasteiger partial charge in [-0.25, -0.2) is 9.49 Å². The molecule has 6 heteroatoms. The summed E-state index contributed by atoms with van der Waals surface area (Å²) >= 11 is 4.71. The molecule has 0 aliphatic heterocycles. The summed E-state index contributed by atoms with van der Waals surface area (Å²) in [5, 5.41) is 6.29. The average molecular weight is 262 g/mol. The standard InChI is InChI=1S/C10H7FN2OS.K.H/c11-8-4-1-7(2-5-8)3-6-9-12-13-10(15)14-9;;/h1-6H,(H,13,15);;/q;+1;-1/b6-3+;;. The Balaban J connectivity index is 0.00000128. The van der Waals surface area contributed by atoms with Gasteiger partial charge in [0.25, 0.3) is 4.84 Å². The van der Waals surface area contributed by atoms with Gasteiger partial charge in [0.15, 0.2) is 0 Å². The molecule has 0 radical (unpaired) electrons. The van der Waals surface area contributed by atoms with Gasteiger partial charge in [0.2, 0.25) is 5.89 Å². The number of halogens is 1. The third kappa shape index (κ3) is 4.04. The molecule has 2 aromatic rings. The van der Waals surface area contributed by atoms with Crippen molar-refractivity contribution in [3.8, 4) is 0 Å². The van der Waals surface area contributed by atoms with E-state index in [1.54, 1.807) is 24.3 Å². The Labute approximate surface area is 141 Å². The second-order valence-electron chi connectivity index (χ2n) is 2.84. The Hall–Kier alpha value is -0.114. The molecule has 0 fully saturated rings. The first-order chi connectivity index (χ1) is 7.24. The number of rotatable bonds is 2. The molecule has 1 N–H and O–H groups in total. The molecular weight excluding hydrogens is 254 g/mol. The summed E-state index contributed by atoms with van der Waals surface area (Å²) in [4.78, 5) is 0.230. The van der Waals surface area contributed by atoms with Gasteiger partial charge in [0.05, 0.1) is 0 Å². The average Bonchev–Trinajstić information content (AvgIpc) is 2.64. The van der Waals surface area contributed by atoms with Crippen LogP contribution in [0.1, 0.15) is 12.9 Å². The van der Waals surface area contributed by atoms with Crippen molar-refractivity contribution in [2.45, 2.75) is 0 Å². The van der Waals surface area contributed by atoms with Gasteiger partial charge in [-0.1, -0.05) is 12.1 Å². The van der Waals surface area contributed by atoms with E-state index in [1.165, 1.54) is 12.1 Å². The van der Waals surface area contributed by atoms with Crippen LogP contribution in [0, 0.1) is 10.7 Å². The van der Waals surface area contributed by atoms with E-state index in [2.05, 4.69) is 10.2 Å². The smallest absolute Gasteiger partial charge is 1.00 e. The fourth-order valence-electron chi connectivity index (χ4n) is 1.05. The molecule has 0 aliphatic rings. The van der Waals surface area contributed by atoms with E-state index in [9.17, 15) is 4.39 Å². The summed E-state index contributed by atoms with van der Waals surface area (Å²) in [5.74, 6) is 0.133. The van der Waals surface area contributed by atoms with Gasteiger partial charge in [-0.3, -0.25) is 0 Å². The number of H-pyrrole nitrogens is 1. The zero-order valence-electron chi connectivity index (χ0n) is 9.61. The fourth-order valence-corrected chi connectivity index (χ4v) is 1.19. The molecule has 0 bridgehead atoms. The van der Waals surface area contributed by atoms with Crippen molar-refractivity contribution in [1.82, 2.24) is 10.2 Å². The van der Waals surface area contributed by atoms with Crippen LogP contribution in [0.5, 0.6) is 0 Å². The number of hydrogen-bond donors (Lipinski definition) is 1. The first-order valence-corrected chi connectivity index (χ1v) is 4.64. The third-order valence-corrected chi connectivity index (χ3v) is 1.92. The van der Waals surface area contributed by atoms with Crippen molar-refractivity contribution in [3.05, 3.63) is 46.4 Å². The van der Waals surface area contributed by atoms with Gasteiger partial charge in [-0.2, -0.15) is 0 Å². The monoisotopic (exact) mass is 262 g/mol. The molecule has 0 amide bonds. The first-order valence-electron chi connectivity index (χ1n) is 4.23. The molecule has 0 saturated heterocycles. The minimum Gasteiger partial charge on any atom is -1.00 e. The maximum Gasteiger partial charge on any atom is 1.00 e. The Morgan fingerprint density at radius 1 is 1.31 bits per heavy atom. The molecule has 1 aromatic heterocycles. The van der Waals surface area contributed by atoms with Crippen LogP contribution in [0.3, 0.4) is 0 Å². The number of aromatic nitrogens is 2. The molecule has 16 heavy (non-hydrogen) atoms. The van der Waals surface area contributed by atoms with Gasteiger partial charge in [0.1, 0.15) is 5.82 Å². The van der Waals surface area contributed by atoms with E-state index in [1.807, 2.05) is 0 Å². The minimum absolute atomic E-state index is 0. The van der Waals surface area contributed by atoms with Gasteiger partial charge < -0.3 is 5.84 Å². The molecule has 0 aliphatic carbocycles. The van der Waals surface area contributed by atoms with Gasteiger partial charge in [-0.05, 0) is 36.0 Å². The molecule has 2 rings (SSSR count). The van der Waals surface area contributed by atoms with Crippen LogP contribution in [-0.2, 0) is 0 Å². The predicted octanol–water partition coefficient (Wildman–Crippen LogP) is 0.158. The maximum absolute atomic E-state index is 12.6.